The van der Waals surface area contributed by atoms with E-state index in [-0.39, 0.29) is 5.82 Å². The van der Waals surface area contributed by atoms with E-state index in [1.807, 2.05) is 5.38 Å². The standard InChI is InChI=1S/C16H14FN3O2S/c17-12-5-1-10(2-6-12)7-14-19-22-16(21)20(14)8-13-9-23-15(18-13)11-3-4-11/h1-2,5-6,9,11H,3-4,7-8H2. The first-order valence-corrected chi connectivity index (χ1v) is 8.31. The molecule has 23 heavy (non-hydrogen) atoms. The lowest BCUT2D eigenvalue weighted by Crippen LogP contribution is -2.18. The number of halogens is 1. The number of thiazole rings is 1. The fourth-order valence-electron chi connectivity index (χ4n) is 2.44. The lowest BCUT2D eigenvalue weighted by Gasteiger charge is -2.03. The second-order valence-electron chi connectivity index (χ2n) is 5.71. The zero-order chi connectivity index (χ0) is 15.8. The molecule has 1 aromatic carbocycles. The zero-order valence-corrected chi connectivity index (χ0v) is 13.1. The van der Waals surface area contributed by atoms with Crippen LogP contribution in [0.1, 0.15) is 40.8 Å². The van der Waals surface area contributed by atoms with E-state index >= 15 is 0 Å². The molecule has 0 aliphatic heterocycles. The van der Waals surface area contributed by atoms with Crippen LogP contribution in [0.3, 0.4) is 0 Å². The molecule has 0 saturated heterocycles. The van der Waals surface area contributed by atoms with Gasteiger partial charge in [0, 0.05) is 17.7 Å². The van der Waals surface area contributed by atoms with Crippen molar-refractivity contribution in [2.45, 2.75) is 31.7 Å². The van der Waals surface area contributed by atoms with E-state index in [0.29, 0.717) is 24.7 Å². The third kappa shape index (κ3) is 3.10. The Morgan fingerprint density at radius 3 is 2.83 bits per heavy atom. The van der Waals surface area contributed by atoms with Gasteiger partial charge in [-0.3, -0.25) is 9.09 Å². The van der Waals surface area contributed by atoms with Gasteiger partial charge in [-0.15, -0.1) is 11.3 Å². The predicted molar refractivity (Wildman–Crippen MR) is 83.2 cm³/mol. The molecule has 0 unspecified atom stereocenters. The van der Waals surface area contributed by atoms with Gasteiger partial charge in [0.2, 0.25) is 0 Å². The molecule has 2 aromatic heterocycles. The van der Waals surface area contributed by atoms with Crippen LogP contribution in [-0.4, -0.2) is 14.7 Å². The minimum Gasteiger partial charge on any atom is -0.296 e. The monoisotopic (exact) mass is 331 g/mol. The highest BCUT2D eigenvalue weighted by atomic mass is 32.1. The van der Waals surface area contributed by atoms with Gasteiger partial charge in [0.25, 0.3) is 0 Å². The molecule has 0 N–H and O–H groups in total. The summed E-state index contributed by atoms with van der Waals surface area (Å²) in [5.41, 5.74) is 1.72. The summed E-state index contributed by atoms with van der Waals surface area (Å²) >= 11 is 1.64. The molecule has 1 fully saturated rings. The van der Waals surface area contributed by atoms with Gasteiger partial charge >= 0.3 is 5.76 Å². The first-order chi connectivity index (χ1) is 11.2. The minimum atomic E-state index is -0.497. The largest absolute Gasteiger partial charge is 0.441 e. The van der Waals surface area contributed by atoms with Crippen LogP contribution in [0.4, 0.5) is 4.39 Å². The van der Waals surface area contributed by atoms with Crippen molar-refractivity contribution in [3.63, 3.8) is 0 Å². The maximum atomic E-state index is 13.0. The number of benzene rings is 1. The molecular formula is C16H14FN3O2S. The van der Waals surface area contributed by atoms with Crippen LogP contribution in [0.15, 0.2) is 39.0 Å². The van der Waals surface area contributed by atoms with Gasteiger partial charge in [0.15, 0.2) is 5.82 Å². The highest BCUT2D eigenvalue weighted by molar-refractivity contribution is 7.09. The molecule has 4 rings (SSSR count). The van der Waals surface area contributed by atoms with Gasteiger partial charge in [0.1, 0.15) is 5.82 Å². The fraction of sp³-hybridized carbons (Fsp3) is 0.312. The summed E-state index contributed by atoms with van der Waals surface area (Å²) in [6, 6.07) is 6.13. The van der Waals surface area contributed by atoms with Crippen molar-refractivity contribution < 1.29 is 8.91 Å². The topological polar surface area (TPSA) is 60.9 Å². The van der Waals surface area contributed by atoms with E-state index in [2.05, 4.69) is 10.1 Å². The first kappa shape index (κ1) is 14.3. The average molecular weight is 331 g/mol. The van der Waals surface area contributed by atoms with Crippen molar-refractivity contribution in [1.29, 1.82) is 0 Å². The van der Waals surface area contributed by atoms with E-state index in [0.717, 1.165) is 16.3 Å². The second kappa shape index (κ2) is 5.73. The number of hydrogen-bond donors (Lipinski definition) is 0. The summed E-state index contributed by atoms with van der Waals surface area (Å²) in [5, 5.41) is 6.97. The van der Waals surface area contributed by atoms with Crippen LogP contribution in [-0.2, 0) is 13.0 Å². The van der Waals surface area contributed by atoms with Gasteiger partial charge in [-0.05, 0) is 30.5 Å². The van der Waals surface area contributed by atoms with Crippen molar-refractivity contribution in [2.24, 2.45) is 0 Å². The van der Waals surface area contributed by atoms with Crippen LogP contribution in [0, 0.1) is 5.82 Å². The van der Waals surface area contributed by atoms with Crippen molar-refractivity contribution in [3.05, 3.63) is 68.1 Å². The summed E-state index contributed by atoms with van der Waals surface area (Å²) in [5.74, 6) is 0.332. The summed E-state index contributed by atoms with van der Waals surface area (Å²) in [7, 11) is 0. The molecule has 1 aliphatic carbocycles. The molecule has 0 amide bonds. The average Bonchev–Trinajstić information content (AvgIpc) is 3.21. The Morgan fingerprint density at radius 1 is 1.30 bits per heavy atom. The third-order valence-electron chi connectivity index (χ3n) is 3.85. The highest BCUT2D eigenvalue weighted by Crippen LogP contribution is 2.41. The van der Waals surface area contributed by atoms with Crippen molar-refractivity contribution >= 4 is 11.3 Å². The van der Waals surface area contributed by atoms with Crippen LogP contribution in [0.25, 0.3) is 0 Å². The summed E-state index contributed by atoms with van der Waals surface area (Å²) in [4.78, 5) is 16.5. The molecular weight excluding hydrogens is 317 g/mol. The Kier molecular flexibility index (Phi) is 3.57. The quantitative estimate of drug-likeness (QED) is 0.721. The highest BCUT2D eigenvalue weighted by Gasteiger charge is 2.26. The van der Waals surface area contributed by atoms with Gasteiger partial charge < -0.3 is 0 Å². The molecule has 118 valence electrons. The maximum Gasteiger partial charge on any atom is 0.441 e. The summed E-state index contributed by atoms with van der Waals surface area (Å²) in [6.45, 7) is 0.349. The van der Waals surface area contributed by atoms with Gasteiger partial charge in [-0.2, -0.15) is 0 Å². The molecule has 0 radical (unpaired) electrons. The Hall–Kier alpha value is -2.28. The van der Waals surface area contributed by atoms with Gasteiger partial charge in [0.05, 0.1) is 17.2 Å². The van der Waals surface area contributed by atoms with E-state index in [1.165, 1.54) is 29.5 Å². The summed E-state index contributed by atoms with van der Waals surface area (Å²) < 4.78 is 19.2. The van der Waals surface area contributed by atoms with E-state index in [1.54, 1.807) is 23.5 Å². The number of hydrogen-bond acceptors (Lipinski definition) is 5. The molecule has 5 nitrogen and oxygen atoms in total. The molecule has 3 aromatic rings. The lowest BCUT2D eigenvalue weighted by atomic mass is 10.1. The van der Waals surface area contributed by atoms with Crippen molar-refractivity contribution in [2.75, 3.05) is 0 Å². The van der Waals surface area contributed by atoms with E-state index in [4.69, 9.17) is 4.52 Å². The zero-order valence-electron chi connectivity index (χ0n) is 12.2. The Bertz CT molecular complexity index is 877. The molecule has 0 spiro atoms. The summed E-state index contributed by atoms with van der Waals surface area (Å²) in [6.07, 6.45) is 2.82. The number of rotatable bonds is 5. The molecule has 1 aliphatic rings. The Labute approximate surface area is 135 Å². The second-order valence-corrected chi connectivity index (χ2v) is 6.60. The Morgan fingerprint density at radius 2 is 2.09 bits per heavy atom. The van der Waals surface area contributed by atoms with E-state index < -0.39 is 5.76 Å². The lowest BCUT2D eigenvalue weighted by molar-refractivity contribution is 0.375. The normalized spacial score (nSPS) is 14.3. The van der Waals surface area contributed by atoms with Crippen molar-refractivity contribution in [3.8, 4) is 0 Å². The molecule has 2 heterocycles. The van der Waals surface area contributed by atoms with Crippen LogP contribution in [0.2, 0.25) is 0 Å². The first-order valence-electron chi connectivity index (χ1n) is 7.43. The van der Waals surface area contributed by atoms with Gasteiger partial charge in [-0.25, -0.2) is 14.2 Å². The van der Waals surface area contributed by atoms with E-state index in [9.17, 15) is 9.18 Å². The predicted octanol–water partition coefficient (Wildman–Crippen LogP) is 2.95. The molecule has 0 bridgehead atoms. The minimum absolute atomic E-state index is 0.290. The Balaban J connectivity index is 1.56. The van der Waals surface area contributed by atoms with Crippen molar-refractivity contribution in [1.82, 2.24) is 14.7 Å². The fourth-order valence-corrected chi connectivity index (χ4v) is 3.42. The van der Waals surface area contributed by atoms with Crippen LogP contribution >= 0.6 is 11.3 Å². The number of aromatic nitrogens is 3. The smallest absolute Gasteiger partial charge is 0.296 e. The third-order valence-corrected chi connectivity index (χ3v) is 4.91. The molecule has 0 atom stereocenters. The van der Waals surface area contributed by atoms with Gasteiger partial charge in [-0.1, -0.05) is 17.3 Å². The van der Waals surface area contributed by atoms with Crippen LogP contribution < -0.4 is 5.76 Å². The number of nitrogens with zero attached hydrogens (tertiary/aromatic N) is 3. The SMILES string of the molecule is O=c1onc(Cc2ccc(F)cc2)n1Cc1csc(C2CC2)n1. The molecule has 1 saturated carbocycles. The van der Waals surface area contributed by atoms with Crippen LogP contribution in [0.5, 0.6) is 0 Å². The molecule has 7 heteroatoms. The maximum absolute atomic E-state index is 13.0.